The van der Waals surface area contributed by atoms with Crippen LogP contribution in [0.25, 0.3) is 0 Å². The average Bonchev–Trinajstić information content (AvgIpc) is 2.84. The minimum absolute atomic E-state index is 0.0403. The van der Waals surface area contributed by atoms with Gasteiger partial charge >= 0.3 is 5.97 Å². The molecule has 0 saturated carbocycles. The molecule has 1 fully saturated rings. The van der Waals surface area contributed by atoms with Gasteiger partial charge in [0.2, 0.25) is 9.70 Å². The van der Waals surface area contributed by atoms with Crippen molar-refractivity contribution in [3.05, 3.63) is 12.7 Å². The van der Waals surface area contributed by atoms with Gasteiger partial charge in [0, 0.05) is 31.9 Å². The number of carbonyl (C=O) groups excluding carboxylic acids is 4. The van der Waals surface area contributed by atoms with Crippen molar-refractivity contribution in [1.29, 1.82) is 0 Å². The first kappa shape index (κ1) is 33.6. The van der Waals surface area contributed by atoms with Crippen LogP contribution in [0.4, 0.5) is 0 Å². The number of nitrogens with one attached hydrogen (secondary N) is 2. The molecule has 1 aliphatic heterocycles. The Morgan fingerprint density at radius 2 is 1.84 bits per heavy atom. The van der Waals surface area contributed by atoms with Crippen molar-refractivity contribution in [3.63, 3.8) is 0 Å². The average molecular weight is 585 g/mol. The van der Waals surface area contributed by atoms with E-state index in [1.54, 1.807) is 27.0 Å². The zero-order valence-corrected chi connectivity index (χ0v) is 24.5. The van der Waals surface area contributed by atoms with Gasteiger partial charge in [-0.05, 0) is 38.5 Å². The van der Waals surface area contributed by atoms with Crippen molar-refractivity contribution in [2.45, 2.75) is 81.8 Å². The van der Waals surface area contributed by atoms with Crippen LogP contribution in [0.5, 0.6) is 0 Å². The van der Waals surface area contributed by atoms with E-state index in [0.29, 0.717) is 25.8 Å². The third-order valence-electron chi connectivity index (χ3n) is 6.43. The van der Waals surface area contributed by atoms with Gasteiger partial charge in [-0.15, -0.1) is 6.58 Å². The number of halogens is 3. The molecule has 1 saturated heterocycles. The van der Waals surface area contributed by atoms with Crippen LogP contribution >= 0.6 is 34.8 Å². The fourth-order valence-corrected chi connectivity index (χ4v) is 4.24. The summed E-state index contributed by atoms with van der Waals surface area (Å²) in [6, 6.07) is -1.67. The van der Waals surface area contributed by atoms with E-state index >= 15 is 0 Å². The Morgan fingerprint density at radius 3 is 2.38 bits per heavy atom. The number of ether oxygens (including phenoxy) is 2. The van der Waals surface area contributed by atoms with Gasteiger partial charge < -0.3 is 14.8 Å². The van der Waals surface area contributed by atoms with E-state index in [9.17, 15) is 19.2 Å². The summed E-state index contributed by atoms with van der Waals surface area (Å²) in [5.74, 6) is -2.63. The monoisotopic (exact) mass is 583 g/mol. The summed E-state index contributed by atoms with van der Waals surface area (Å²) in [5.41, 5.74) is 2.83. The largest absolute Gasteiger partial charge is 0.460 e. The number of alkyl halides is 3. The number of hydrogen-bond donors (Lipinski definition) is 2. The lowest BCUT2D eigenvalue weighted by atomic mass is 9.84. The Bertz CT molecular complexity index is 805. The van der Waals surface area contributed by atoms with Crippen LogP contribution in [-0.2, 0) is 28.7 Å². The van der Waals surface area contributed by atoms with Gasteiger partial charge in [-0.3, -0.25) is 24.2 Å². The quantitative estimate of drug-likeness (QED) is 0.182. The first-order chi connectivity index (χ1) is 17.2. The first-order valence-corrected chi connectivity index (χ1v) is 13.6. The Balaban J connectivity index is 2.75. The number of hydrazine groups is 1. The molecule has 0 aliphatic carbocycles. The van der Waals surface area contributed by atoms with Crippen LogP contribution in [0.2, 0.25) is 0 Å². The summed E-state index contributed by atoms with van der Waals surface area (Å²) in [6.07, 6.45) is 3.92. The van der Waals surface area contributed by atoms with E-state index in [2.05, 4.69) is 17.3 Å². The summed E-state index contributed by atoms with van der Waals surface area (Å²) in [6.45, 7) is 10.7. The van der Waals surface area contributed by atoms with Crippen LogP contribution in [-0.4, -0.2) is 70.8 Å². The number of methoxy groups -OCH3 is 1. The van der Waals surface area contributed by atoms with Gasteiger partial charge in [0.1, 0.15) is 24.5 Å². The van der Waals surface area contributed by atoms with Crippen molar-refractivity contribution >= 4 is 58.4 Å². The second-order valence-electron chi connectivity index (χ2n) is 9.72. The highest BCUT2D eigenvalue weighted by molar-refractivity contribution is 6.67. The van der Waals surface area contributed by atoms with Crippen molar-refractivity contribution < 1.29 is 28.7 Å². The zero-order valence-electron chi connectivity index (χ0n) is 22.2. The van der Waals surface area contributed by atoms with Crippen LogP contribution in [0.3, 0.4) is 0 Å². The smallest absolute Gasteiger partial charge is 0.325 e. The highest BCUT2D eigenvalue weighted by Crippen LogP contribution is 2.26. The maximum atomic E-state index is 13.1. The normalized spacial score (nSPS) is 19.5. The molecule has 1 aliphatic rings. The molecule has 1 rings (SSSR count). The molecule has 9 nitrogen and oxygen atoms in total. The second-order valence-corrected chi connectivity index (χ2v) is 12.2. The number of hydrogen-bond acceptors (Lipinski definition) is 7. The molecule has 0 bridgehead atoms. The number of nitrogens with zero attached hydrogens (tertiary/aromatic N) is 1. The van der Waals surface area contributed by atoms with Crippen LogP contribution < -0.4 is 10.7 Å². The van der Waals surface area contributed by atoms with E-state index in [0.717, 1.165) is 6.42 Å². The van der Waals surface area contributed by atoms with Crippen molar-refractivity contribution in [2.75, 3.05) is 20.3 Å². The Kier molecular flexibility index (Phi) is 14.4. The predicted octanol–water partition coefficient (Wildman–Crippen LogP) is 3.75. The van der Waals surface area contributed by atoms with Gasteiger partial charge in [-0.25, -0.2) is 5.43 Å². The third-order valence-corrected chi connectivity index (χ3v) is 6.76. The van der Waals surface area contributed by atoms with E-state index in [1.807, 2.05) is 13.8 Å². The standard InChI is InChI=1S/C25H40Cl3N3O6/c1-7-8-11-21(36-6)16(4)20(32)13-18(15(2)3)22(33)29-17(5)23(34)31-12-9-10-19(30-31)24(35)37-14-25(26,27)28/h7,15-19,21,30H,1,8-14H2,2-6H3,(H,29,33)/t16-,17-,18-,19-,21+/m0/s1. The molecule has 2 N–H and O–H groups in total. The number of carbonyl (C=O) groups is 4. The highest BCUT2D eigenvalue weighted by Gasteiger charge is 2.35. The lowest BCUT2D eigenvalue weighted by Crippen LogP contribution is -2.60. The van der Waals surface area contributed by atoms with Crippen molar-refractivity contribution in [1.82, 2.24) is 15.8 Å². The lowest BCUT2D eigenvalue weighted by Gasteiger charge is -2.34. The summed E-state index contributed by atoms with van der Waals surface area (Å²) < 4.78 is 8.75. The number of Topliss-reactive ketones (excluding diaryl/α,β-unsaturated/α-hetero) is 1. The first-order valence-electron chi connectivity index (χ1n) is 12.5. The summed E-state index contributed by atoms with van der Waals surface area (Å²) in [5, 5.41) is 4.02. The molecular weight excluding hydrogens is 545 g/mol. The summed E-state index contributed by atoms with van der Waals surface area (Å²) in [7, 11) is 1.57. The molecule has 2 amide bonds. The molecule has 37 heavy (non-hydrogen) atoms. The fourth-order valence-electron chi connectivity index (χ4n) is 4.08. The zero-order chi connectivity index (χ0) is 28.3. The van der Waals surface area contributed by atoms with Gasteiger partial charge in [-0.2, -0.15) is 0 Å². The molecule has 212 valence electrons. The van der Waals surface area contributed by atoms with Crippen molar-refractivity contribution in [3.8, 4) is 0 Å². The molecule has 12 heteroatoms. The fraction of sp³-hybridized carbons (Fsp3) is 0.760. The number of rotatable bonds is 14. The minimum Gasteiger partial charge on any atom is -0.460 e. The SMILES string of the molecule is C=CCC[C@@H](OC)[C@@H](C)C(=O)C[C@H](C(=O)N[C@@H](C)C(=O)N1CCC[C@@H](C(=O)OCC(Cl)(Cl)Cl)N1)C(C)C. The lowest BCUT2D eigenvalue weighted by molar-refractivity contribution is -0.153. The number of ketones is 1. The van der Waals surface area contributed by atoms with Crippen LogP contribution in [0, 0.1) is 17.8 Å². The van der Waals surface area contributed by atoms with E-state index < -0.39 is 40.3 Å². The molecule has 0 spiro atoms. The molecule has 0 unspecified atom stereocenters. The minimum atomic E-state index is -1.74. The van der Waals surface area contributed by atoms with Crippen LogP contribution in [0.15, 0.2) is 12.7 Å². The maximum Gasteiger partial charge on any atom is 0.325 e. The van der Waals surface area contributed by atoms with Gasteiger partial charge in [-0.1, -0.05) is 61.7 Å². The summed E-state index contributed by atoms with van der Waals surface area (Å²) >= 11 is 16.9. The Labute approximate surface area is 234 Å². The summed E-state index contributed by atoms with van der Waals surface area (Å²) in [4.78, 5) is 51.4. The molecule has 0 aromatic heterocycles. The molecule has 1 heterocycles. The number of esters is 1. The molecule has 5 atom stereocenters. The highest BCUT2D eigenvalue weighted by atomic mass is 35.6. The Hall–Kier alpha value is -1.39. The molecule has 0 aromatic rings. The van der Waals surface area contributed by atoms with Gasteiger partial charge in [0.15, 0.2) is 0 Å². The number of allylic oxidation sites excluding steroid dienone is 1. The molecular formula is C25H40Cl3N3O6. The van der Waals surface area contributed by atoms with Crippen LogP contribution in [0.1, 0.15) is 59.8 Å². The van der Waals surface area contributed by atoms with Crippen molar-refractivity contribution in [2.24, 2.45) is 17.8 Å². The number of amides is 2. The van der Waals surface area contributed by atoms with Gasteiger partial charge in [0.25, 0.3) is 5.91 Å². The van der Waals surface area contributed by atoms with E-state index in [1.165, 1.54) is 5.01 Å². The predicted molar refractivity (Wildman–Crippen MR) is 144 cm³/mol. The third kappa shape index (κ3) is 11.5. The maximum absolute atomic E-state index is 13.1. The van der Waals surface area contributed by atoms with E-state index in [-0.39, 0.29) is 36.1 Å². The molecule has 0 radical (unpaired) electrons. The topological polar surface area (TPSA) is 114 Å². The Morgan fingerprint density at radius 1 is 1.19 bits per heavy atom. The van der Waals surface area contributed by atoms with E-state index in [4.69, 9.17) is 44.3 Å². The second kappa shape index (κ2) is 15.9. The molecule has 0 aromatic carbocycles. The van der Waals surface area contributed by atoms with Gasteiger partial charge in [0.05, 0.1) is 6.10 Å².